The Morgan fingerprint density at radius 2 is 1.58 bits per heavy atom. The molecule has 0 aliphatic carbocycles. The number of aryl methyl sites for hydroxylation is 2. The van der Waals surface area contributed by atoms with Crippen LogP contribution in [0.5, 0.6) is 11.5 Å². The summed E-state index contributed by atoms with van der Waals surface area (Å²) in [5, 5.41) is 6.04. The minimum atomic E-state index is -0.0956. The normalized spacial score (nSPS) is 10.2. The van der Waals surface area contributed by atoms with E-state index in [9.17, 15) is 4.79 Å². The lowest BCUT2D eigenvalue weighted by atomic mass is 10.1. The molecule has 0 spiro atoms. The van der Waals surface area contributed by atoms with Crippen molar-refractivity contribution < 1.29 is 9.53 Å². The van der Waals surface area contributed by atoms with E-state index in [0.717, 1.165) is 28.4 Å². The van der Waals surface area contributed by atoms with Gasteiger partial charge in [-0.15, -0.1) is 0 Å². The van der Waals surface area contributed by atoms with Crippen molar-refractivity contribution in [3.05, 3.63) is 83.9 Å². The van der Waals surface area contributed by atoms with Crippen molar-refractivity contribution in [1.82, 2.24) is 0 Å². The Morgan fingerprint density at radius 1 is 0.885 bits per heavy atom. The minimum Gasteiger partial charge on any atom is -0.457 e. The smallest absolute Gasteiger partial charge is 0.243 e. The van der Waals surface area contributed by atoms with Crippen LogP contribution in [0.15, 0.2) is 72.8 Å². The highest BCUT2D eigenvalue weighted by Gasteiger charge is 2.05. The molecule has 3 aromatic carbocycles. The molecular weight excluding hydrogens is 324 g/mol. The minimum absolute atomic E-state index is 0.0956. The number of carbonyl (C=O) groups is 1. The lowest BCUT2D eigenvalue weighted by Crippen LogP contribution is -2.22. The molecule has 0 heterocycles. The summed E-state index contributed by atoms with van der Waals surface area (Å²) in [4.78, 5) is 12.1. The Kier molecular flexibility index (Phi) is 5.54. The van der Waals surface area contributed by atoms with Gasteiger partial charge in [-0.05, 0) is 61.9 Å². The van der Waals surface area contributed by atoms with Crippen LogP contribution in [0.4, 0.5) is 11.4 Å². The van der Waals surface area contributed by atoms with Gasteiger partial charge in [0.25, 0.3) is 0 Å². The van der Waals surface area contributed by atoms with Gasteiger partial charge in [0, 0.05) is 11.4 Å². The summed E-state index contributed by atoms with van der Waals surface area (Å²) < 4.78 is 5.74. The third kappa shape index (κ3) is 4.86. The molecule has 0 aliphatic rings. The fraction of sp³-hybridized carbons (Fsp3) is 0.136. The zero-order valence-electron chi connectivity index (χ0n) is 15.0. The van der Waals surface area contributed by atoms with Gasteiger partial charge in [-0.2, -0.15) is 0 Å². The van der Waals surface area contributed by atoms with Crippen molar-refractivity contribution >= 4 is 17.3 Å². The SMILES string of the molecule is Cc1ccc(NCC(=O)Nc2ccc(Oc3ccccc3)cc2)c(C)c1. The second-order valence-corrected chi connectivity index (χ2v) is 6.16. The summed E-state index contributed by atoms with van der Waals surface area (Å²) in [5.74, 6) is 1.41. The predicted octanol–water partition coefficient (Wildman–Crippen LogP) is 5.15. The largest absolute Gasteiger partial charge is 0.457 e. The van der Waals surface area contributed by atoms with E-state index < -0.39 is 0 Å². The Labute approximate surface area is 153 Å². The molecule has 2 N–H and O–H groups in total. The van der Waals surface area contributed by atoms with E-state index in [4.69, 9.17) is 4.74 Å². The standard InChI is InChI=1S/C22H22N2O2/c1-16-8-13-21(17(2)14-16)23-15-22(25)24-18-9-11-20(12-10-18)26-19-6-4-3-5-7-19/h3-14,23H,15H2,1-2H3,(H,24,25). The summed E-state index contributed by atoms with van der Waals surface area (Å²) in [6.45, 7) is 4.29. The van der Waals surface area contributed by atoms with E-state index in [2.05, 4.69) is 23.6 Å². The number of nitrogens with one attached hydrogen (secondary N) is 2. The maximum atomic E-state index is 12.1. The van der Waals surface area contributed by atoms with Crippen LogP contribution in [0.1, 0.15) is 11.1 Å². The van der Waals surface area contributed by atoms with Gasteiger partial charge in [0.2, 0.25) is 5.91 Å². The first kappa shape index (κ1) is 17.5. The number of hydrogen-bond donors (Lipinski definition) is 2. The molecule has 0 saturated carbocycles. The van der Waals surface area contributed by atoms with E-state index in [0.29, 0.717) is 0 Å². The molecule has 3 rings (SSSR count). The highest BCUT2D eigenvalue weighted by Crippen LogP contribution is 2.22. The van der Waals surface area contributed by atoms with Crippen LogP contribution in [0, 0.1) is 13.8 Å². The van der Waals surface area contributed by atoms with Gasteiger partial charge in [-0.3, -0.25) is 4.79 Å². The Balaban J connectivity index is 1.52. The Hall–Kier alpha value is -3.27. The first-order valence-corrected chi connectivity index (χ1v) is 8.54. The molecule has 0 saturated heterocycles. The number of para-hydroxylation sites is 1. The van der Waals surface area contributed by atoms with E-state index in [1.165, 1.54) is 5.56 Å². The molecule has 3 aromatic rings. The lowest BCUT2D eigenvalue weighted by Gasteiger charge is -2.11. The molecule has 4 nitrogen and oxygen atoms in total. The zero-order chi connectivity index (χ0) is 18.4. The van der Waals surface area contributed by atoms with E-state index >= 15 is 0 Å². The lowest BCUT2D eigenvalue weighted by molar-refractivity contribution is -0.114. The van der Waals surface area contributed by atoms with Gasteiger partial charge in [0.15, 0.2) is 0 Å². The average molecular weight is 346 g/mol. The maximum Gasteiger partial charge on any atom is 0.243 e. The van der Waals surface area contributed by atoms with Crippen LogP contribution < -0.4 is 15.4 Å². The third-order valence-electron chi connectivity index (χ3n) is 3.94. The quantitative estimate of drug-likeness (QED) is 0.649. The summed E-state index contributed by atoms with van der Waals surface area (Å²) in [7, 11) is 0. The molecule has 4 heteroatoms. The molecule has 0 atom stereocenters. The molecule has 0 radical (unpaired) electrons. The van der Waals surface area contributed by atoms with Gasteiger partial charge in [0.05, 0.1) is 6.54 Å². The first-order valence-electron chi connectivity index (χ1n) is 8.54. The average Bonchev–Trinajstić information content (AvgIpc) is 2.63. The van der Waals surface area contributed by atoms with E-state index in [-0.39, 0.29) is 12.5 Å². The zero-order valence-corrected chi connectivity index (χ0v) is 15.0. The third-order valence-corrected chi connectivity index (χ3v) is 3.94. The monoisotopic (exact) mass is 346 g/mol. The van der Waals surface area contributed by atoms with Crippen molar-refractivity contribution in [2.45, 2.75) is 13.8 Å². The van der Waals surface area contributed by atoms with Crippen molar-refractivity contribution in [3.8, 4) is 11.5 Å². The summed E-state index contributed by atoms with van der Waals surface area (Å²) in [5.41, 5.74) is 4.03. The van der Waals surface area contributed by atoms with Crippen molar-refractivity contribution in [2.75, 3.05) is 17.2 Å². The van der Waals surface area contributed by atoms with Gasteiger partial charge < -0.3 is 15.4 Å². The van der Waals surface area contributed by atoms with Gasteiger partial charge in [-0.1, -0.05) is 35.9 Å². The summed E-state index contributed by atoms with van der Waals surface area (Å²) in [6, 6.07) is 23.0. The molecule has 0 unspecified atom stereocenters. The second-order valence-electron chi connectivity index (χ2n) is 6.16. The van der Waals surface area contributed by atoms with Crippen LogP contribution in [0.2, 0.25) is 0 Å². The van der Waals surface area contributed by atoms with Gasteiger partial charge in [0.1, 0.15) is 11.5 Å². The van der Waals surface area contributed by atoms with Crippen molar-refractivity contribution in [1.29, 1.82) is 0 Å². The van der Waals surface area contributed by atoms with Gasteiger partial charge in [-0.25, -0.2) is 0 Å². The second kappa shape index (κ2) is 8.21. The van der Waals surface area contributed by atoms with Gasteiger partial charge >= 0.3 is 0 Å². The number of carbonyl (C=O) groups excluding carboxylic acids is 1. The van der Waals surface area contributed by atoms with E-state index in [1.54, 1.807) is 0 Å². The number of amides is 1. The molecule has 0 aromatic heterocycles. The number of ether oxygens (including phenoxy) is 1. The maximum absolute atomic E-state index is 12.1. The highest BCUT2D eigenvalue weighted by molar-refractivity contribution is 5.93. The first-order chi connectivity index (χ1) is 12.6. The van der Waals surface area contributed by atoms with Crippen LogP contribution in [0.25, 0.3) is 0 Å². The number of rotatable bonds is 6. The van der Waals surface area contributed by atoms with Crippen molar-refractivity contribution in [2.24, 2.45) is 0 Å². The topological polar surface area (TPSA) is 50.4 Å². The van der Waals surface area contributed by atoms with Crippen LogP contribution >= 0.6 is 0 Å². The summed E-state index contributed by atoms with van der Waals surface area (Å²) in [6.07, 6.45) is 0. The molecule has 0 aliphatic heterocycles. The molecule has 1 amide bonds. The molecule has 26 heavy (non-hydrogen) atoms. The van der Waals surface area contributed by atoms with Crippen LogP contribution in [-0.4, -0.2) is 12.5 Å². The van der Waals surface area contributed by atoms with E-state index in [1.807, 2.05) is 73.7 Å². The number of hydrogen-bond acceptors (Lipinski definition) is 3. The number of anilines is 2. The predicted molar refractivity (Wildman–Crippen MR) is 106 cm³/mol. The molecule has 132 valence electrons. The molecule has 0 bridgehead atoms. The fourth-order valence-corrected chi connectivity index (χ4v) is 2.62. The van der Waals surface area contributed by atoms with Crippen LogP contribution in [0.3, 0.4) is 0 Å². The molecular formula is C22H22N2O2. The Morgan fingerprint density at radius 3 is 2.27 bits per heavy atom. The van der Waals surface area contributed by atoms with Crippen molar-refractivity contribution in [3.63, 3.8) is 0 Å². The number of benzene rings is 3. The van der Waals surface area contributed by atoms with Crippen LogP contribution in [-0.2, 0) is 4.79 Å². The molecule has 0 fully saturated rings. The highest BCUT2D eigenvalue weighted by atomic mass is 16.5. The summed E-state index contributed by atoms with van der Waals surface area (Å²) >= 11 is 0. The Bertz CT molecular complexity index is 874. The fourth-order valence-electron chi connectivity index (χ4n) is 2.62.